The fraction of sp³-hybridized carbons (Fsp3) is 0.167. The van der Waals surface area contributed by atoms with Crippen molar-refractivity contribution >= 4 is 23.4 Å². The lowest BCUT2D eigenvalue weighted by Crippen LogP contribution is -2.25. The van der Waals surface area contributed by atoms with Gasteiger partial charge >= 0.3 is 0 Å². The highest BCUT2D eigenvalue weighted by molar-refractivity contribution is 5.95. The molecule has 3 amide bonds. The van der Waals surface area contributed by atoms with E-state index >= 15 is 0 Å². The molecule has 0 saturated heterocycles. The maximum absolute atomic E-state index is 11.8. The minimum Gasteiger partial charge on any atom is -0.366 e. The van der Waals surface area contributed by atoms with Crippen molar-refractivity contribution in [2.24, 2.45) is 5.73 Å². The summed E-state index contributed by atoms with van der Waals surface area (Å²) in [6, 6.07) is 15.3. The van der Waals surface area contributed by atoms with Crippen LogP contribution in [0.2, 0.25) is 0 Å². The second-order valence-electron chi connectivity index (χ2n) is 5.22. The molecule has 0 saturated carbocycles. The van der Waals surface area contributed by atoms with Crippen LogP contribution in [-0.2, 0) is 4.79 Å². The Morgan fingerprint density at radius 1 is 0.875 bits per heavy atom. The summed E-state index contributed by atoms with van der Waals surface area (Å²) in [5.41, 5.74) is 6.73. The average Bonchev–Trinajstić information content (AvgIpc) is 2.59. The monoisotopic (exact) mass is 325 g/mol. The average molecular weight is 325 g/mol. The van der Waals surface area contributed by atoms with Crippen LogP contribution >= 0.6 is 0 Å². The lowest BCUT2D eigenvalue weighted by Gasteiger charge is -2.07. The molecule has 0 aromatic heterocycles. The SMILES string of the molecule is NC(=O)c1ccc(NC(=O)CCCNC(=O)c2ccccc2)cc1. The molecular weight excluding hydrogens is 306 g/mol. The summed E-state index contributed by atoms with van der Waals surface area (Å²) >= 11 is 0. The zero-order valence-corrected chi connectivity index (χ0v) is 13.1. The zero-order valence-electron chi connectivity index (χ0n) is 13.1. The summed E-state index contributed by atoms with van der Waals surface area (Å²) in [4.78, 5) is 34.6. The second kappa shape index (κ2) is 8.47. The summed E-state index contributed by atoms with van der Waals surface area (Å²) < 4.78 is 0. The number of amides is 3. The van der Waals surface area contributed by atoms with Gasteiger partial charge in [-0.05, 0) is 42.8 Å². The lowest BCUT2D eigenvalue weighted by atomic mass is 10.2. The summed E-state index contributed by atoms with van der Waals surface area (Å²) in [6.45, 7) is 0.418. The maximum atomic E-state index is 11.8. The van der Waals surface area contributed by atoms with E-state index in [1.165, 1.54) is 0 Å². The molecule has 0 unspecified atom stereocenters. The fourth-order valence-corrected chi connectivity index (χ4v) is 2.08. The number of anilines is 1. The number of nitrogens with two attached hydrogens (primary N) is 1. The summed E-state index contributed by atoms with van der Waals surface area (Å²) in [5.74, 6) is -0.823. The minimum absolute atomic E-state index is 0.155. The lowest BCUT2D eigenvalue weighted by molar-refractivity contribution is -0.116. The van der Waals surface area contributed by atoms with Gasteiger partial charge in [-0.15, -0.1) is 0 Å². The first-order valence-corrected chi connectivity index (χ1v) is 7.59. The number of rotatable bonds is 7. The van der Waals surface area contributed by atoms with E-state index in [1.807, 2.05) is 6.07 Å². The fourth-order valence-electron chi connectivity index (χ4n) is 2.08. The molecular formula is C18H19N3O3. The Morgan fingerprint density at radius 2 is 1.54 bits per heavy atom. The van der Waals surface area contributed by atoms with Gasteiger partial charge in [0.25, 0.3) is 5.91 Å². The number of hydrogen-bond acceptors (Lipinski definition) is 3. The molecule has 2 rings (SSSR count). The molecule has 0 bridgehead atoms. The van der Waals surface area contributed by atoms with Crippen LogP contribution in [0.25, 0.3) is 0 Å². The molecule has 124 valence electrons. The Bertz CT molecular complexity index is 712. The van der Waals surface area contributed by atoms with Crippen LogP contribution < -0.4 is 16.4 Å². The Kier molecular flexibility index (Phi) is 6.08. The maximum Gasteiger partial charge on any atom is 0.251 e. The van der Waals surface area contributed by atoms with Gasteiger partial charge in [-0.1, -0.05) is 18.2 Å². The number of carbonyl (C=O) groups excluding carboxylic acids is 3. The van der Waals surface area contributed by atoms with Crippen molar-refractivity contribution in [1.82, 2.24) is 5.32 Å². The largest absolute Gasteiger partial charge is 0.366 e. The summed E-state index contributed by atoms with van der Waals surface area (Å²) in [6.07, 6.45) is 0.816. The van der Waals surface area contributed by atoms with E-state index < -0.39 is 5.91 Å². The van der Waals surface area contributed by atoms with E-state index in [1.54, 1.807) is 48.5 Å². The van der Waals surface area contributed by atoms with E-state index in [-0.39, 0.29) is 18.2 Å². The minimum atomic E-state index is -0.512. The quantitative estimate of drug-likeness (QED) is 0.678. The molecule has 0 fully saturated rings. The Balaban J connectivity index is 1.70. The van der Waals surface area contributed by atoms with Gasteiger partial charge in [-0.2, -0.15) is 0 Å². The topological polar surface area (TPSA) is 101 Å². The van der Waals surface area contributed by atoms with E-state index in [9.17, 15) is 14.4 Å². The van der Waals surface area contributed by atoms with E-state index in [0.717, 1.165) is 0 Å². The first-order valence-electron chi connectivity index (χ1n) is 7.59. The first kappa shape index (κ1) is 17.2. The predicted octanol–water partition coefficient (Wildman–Crippen LogP) is 1.93. The van der Waals surface area contributed by atoms with Crippen LogP contribution in [0.15, 0.2) is 54.6 Å². The molecule has 0 atom stereocenters. The van der Waals surface area contributed by atoms with Crippen molar-refractivity contribution < 1.29 is 14.4 Å². The highest BCUT2D eigenvalue weighted by Gasteiger charge is 2.06. The van der Waals surface area contributed by atoms with E-state index in [0.29, 0.717) is 29.8 Å². The third-order valence-electron chi connectivity index (χ3n) is 3.36. The summed E-state index contributed by atoms with van der Waals surface area (Å²) in [7, 11) is 0. The van der Waals surface area contributed by atoms with Gasteiger partial charge in [-0.3, -0.25) is 14.4 Å². The molecule has 0 radical (unpaired) electrons. The normalized spacial score (nSPS) is 10.0. The smallest absolute Gasteiger partial charge is 0.251 e. The van der Waals surface area contributed by atoms with Crippen molar-refractivity contribution in [2.75, 3.05) is 11.9 Å². The van der Waals surface area contributed by atoms with Crippen molar-refractivity contribution in [3.8, 4) is 0 Å². The van der Waals surface area contributed by atoms with Crippen LogP contribution in [0.4, 0.5) is 5.69 Å². The van der Waals surface area contributed by atoms with Gasteiger partial charge in [0.05, 0.1) is 0 Å². The third kappa shape index (κ3) is 5.24. The van der Waals surface area contributed by atoms with Crippen molar-refractivity contribution in [3.05, 3.63) is 65.7 Å². The molecule has 24 heavy (non-hydrogen) atoms. The number of primary amides is 1. The molecule has 2 aromatic carbocycles. The molecule has 2 aromatic rings. The Labute approximate surface area is 140 Å². The third-order valence-corrected chi connectivity index (χ3v) is 3.36. The van der Waals surface area contributed by atoms with Gasteiger partial charge in [0.2, 0.25) is 11.8 Å². The molecule has 0 aliphatic heterocycles. The highest BCUT2D eigenvalue weighted by atomic mass is 16.2. The van der Waals surface area contributed by atoms with Gasteiger partial charge in [0, 0.05) is 29.8 Å². The van der Waals surface area contributed by atoms with E-state index in [2.05, 4.69) is 10.6 Å². The van der Waals surface area contributed by atoms with Crippen molar-refractivity contribution in [3.63, 3.8) is 0 Å². The molecule has 4 N–H and O–H groups in total. The van der Waals surface area contributed by atoms with Crippen molar-refractivity contribution in [2.45, 2.75) is 12.8 Å². The number of nitrogens with one attached hydrogen (secondary N) is 2. The molecule has 0 spiro atoms. The Hall–Kier alpha value is -3.15. The van der Waals surface area contributed by atoms with Crippen LogP contribution in [0.3, 0.4) is 0 Å². The number of carbonyl (C=O) groups is 3. The van der Waals surface area contributed by atoms with E-state index in [4.69, 9.17) is 5.73 Å². The molecule has 0 heterocycles. The van der Waals surface area contributed by atoms with Gasteiger partial charge in [-0.25, -0.2) is 0 Å². The molecule has 6 nitrogen and oxygen atoms in total. The van der Waals surface area contributed by atoms with Crippen LogP contribution in [0.1, 0.15) is 33.6 Å². The first-order chi connectivity index (χ1) is 11.6. The van der Waals surface area contributed by atoms with Gasteiger partial charge in [0.15, 0.2) is 0 Å². The molecule has 0 aliphatic carbocycles. The standard InChI is InChI=1S/C18H19N3O3/c19-17(23)13-8-10-15(11-9-13)21-16(22)7-4-12-20-18(24)14-5-2-1-3-6-14/h1-3,5-6,8-11H,4,7,12H2,(H2,19,23)(H,20,24)(H,21,22). The number of benzene rings is 2. The Morgan fingerprint density at radius 3 is 2.17 bits per heavy atom. The molecule has 6 heteroatoms. The summed E-state index contributed by atoms with van der Waals surface area (Å²) in [5, 5.41) is 5.49. The van der Waals surface area contributed by atoms with Gasteiger partial charge < -0.3 is 16.4 Å². The van der Waals surface area contributed by atoms with Crippen LogP contribution in [0.5, 0.6) is 0 Å². The van der Waals surface area contributed by atoms with Crippen molar-refractivity contribution in [1.29, 1.82) is 0 Å². The number of hydrogen-bond donors (Lipinski definition) is 3. The van der Waals surface area contributed by atoms with Gasteiger partial charge in [0.1, 0.15) is 0 Å². The zero-order chi connectivity index (χ0) is 17.4. The molecule has 0 aliphatic rings. The second-order valence-corrected chi connectivity index (χ2v) is 5.22. The highest BCUT2D eigenvalue weighted by Crippen LogP contribution is 2.09. The van der Waals surface area contributed by atoms with Crippen LogP contribution in [0, 0.1) is 0 Å². The predicted molar refractivity (Wildman–Crippen MR) is 91.6 cm³/mol. The van der Waals surface area contributed by atoms with Crippen LogP contribution in [-0.4, -0.2) is 24.3 Å².